The first kappa shape index (κ1) is 23.0. The molecule has 0 spiro atoms. The fraction of sp³-hybridized carbons (Fsp3) is 0.444. The number of benzene rings is 2. The Morgan fingerprint density at radius 1 is 1.06 bits per heavy atom. The molecule has 2 fully saturated rings. The highest BCUT2D eigenvalue weighted by atomic mass is 19.1. The number of aromatic nitrogens is 1. The van der Waals surface area contributed by atoms with E-state index in [4.69, 9.17) is 9.47 Å². The molecule has 3 aromatic rings. The lowest BCUT2D eigenvalue weighted by Crippen LogP contribution is -2.36. The zero-order valence-corrected chi connectivity index (χ0v) is 19.6. The average molecular weight is 466 g/mol. The van der Waals surface area contributed by atoms with E-state index >= 15 is 0 Å². The van der Waals surface area contributed by atoms with Crippen LogP contribution in [0.25, 0.3) is 10.9 Å². The summed E-state index contributed by atoms with van der Waals surface area (Å²) in [6, 6.07) is 15.4. The van der Waals surface area contributed by atoms with E-state index in [0.29, 0.717) is 31.4 Å². The van der Waals surface area contributed by atoms with Crippen molar-refractivity contribution in [3.63, 3.8) is 0 Å². The molecule has 2 aliphatic heterocycles. The minimum absolute atomic E-state index is 0.109. The molecule has 6 nitrogen and oxygen atoms in total. The van der Waals surface area contributed by atoms with Gasteiger partial charge in [-0.1, -0.05) is 18.2 Å². The molecule has 2 saturated heterocycles. The molecule has 7 heteroatoms. The molecule has 1 amide bonds. The van der Waals surface area contributed by atoms with Crippen molar-refractivity contribution >= 4 is 16.8 Å². The van der Waals surface area contributed by atoms with Gasteiger partial charge in [-0.2, -0.15) is 0 Å². The summed E-state index contributed by atoms with van der Waals surface area (Å²) in [5.74, 6) is -0.293. The summed E-state index contributed by atoms with van der Waals surface area (Å²) in [5.41, 5.74) is 4.17. The van der Waals surface area contributed by atoms with Gasteiger partial charge < -0.3 is 24.3 Å². The van der Waals surface area contributed by atoms with Crippen LogP contribution in [-0.2, 0) is 15.9 Å². The topological polar surface area (TPSA) is 55.7 Å². The van der Waals surface area contributed by atoms with E-state index in [0.717, 1.165) is 49.8 Å². The largest absolute Gasteiger partial charge is 0.348 e. The Morgan fingerprint density at radius 2 is 1.79 bits per heavy atom. The van der Waals surface area contributed by atoms with Crippen LogP contribution in [-0.4, -0.2) is 61.1 Å². The van der Waals surface area contributed by atoms with Crippen LogP contribution in [0.3, 0.4) is 0 Å². The Kier molecular flexibility index (Phi) is 6.94. The SMILES string of the molecule is Cc1cc2ccc(C(=O)NCC3OCCO3)cc2n1C1CCN(CCc2ccc(F)cc2)CC1. The molecule has 0 bridgehead atoms. The number of aryl methyl sites for hydroxylation is 1. The van der Waals surface area contributed by atoms with Gasteiger partial charge in [0.15, 0.2) is 6.29 Å². The first-order chi connectivity index (χ1) is 16.6. The lowest BCUT2D eigenvalue weighted by Gasteiger charge is -2.34. The Bertz CT molecular complexity index is 1130. The highest BCUT2D eigenvalue weighted by Crippen LogP contribution is 2.31. The van der Waals surface area contributed by atoms with Crippen molar-refractivity contribution in [3.05, 3.63) is 71.2 Å². The van der Waals surface area contributed by atoms with Crippen LogP contribution in [0, 0.1) is 12.7 Å². The first-order valence-corrected chi connectivity index (χ1v) is 12.2. The minimum atomic E-state index is -0.355. The molecule has 0 unspecified atom stereocenters. The van der Waals surface area contributed by atoms with Gasteiger partial charge >= 0.3 is 0 Å². The van der Waals surface area contributed by atoms with E-state index in [1.54, 1.807) is 0 Å². The molecular weight excluding hydrogens is 433 g/mol. The number of rotatable bonds is 7. The quantitative estimate of drug-likeness (QED) is 0.572. The zero-order valence-electron chi connectivity index (χ0n) is 19.6. The number of hydrogen-bond acceptors (Lipinski definition) is 4. The summed E-state index contributed by atoms with van der Waals surface area (Å²) in [6.45, 7) is 6.71. The smallest absolute Gasteiger partial charge is 0.251 e. The molecule has 1 N–H and O–H groups in total. The Labute approximate surface area is 199 Å². The highest BCUT2D eigenvalue weighted by Gasteiger charge is 2.23. The number of fused-ring (bicyclic) bond motifs is 1. The van der Waals surface area contributed by atoms with Gasteiger partial charge in [-0.25, -0.2) is 4.39 Å². The maximum absolute atomic E-state index is 13.1. The van der Waals surface area contributed by atoms with Gasteiger partial charge in [0, 0.05) is 42.5 Å². The summed E-state index contributed by atoms with van der Waals surface area (Å²) >= 11 is 0. The van der Waals surface area contributed by atoms with E-state index in [9.17, 15) is 9.18 Å². The predicted octanol–water partition coefficient (Wildman–Crippen LogP) is 4.07. The third-order valence-electron chi connectivity index (χ3n) is 6.97. The van der Waals surface area contributed by atoms with Gasteiger partial charge in [0.25, 0.3) is 5.91 Å². The fourth-order valence-electron chi connectivity index (χ4n) is 5.13. The average Bonchev–Trinajstić information content (AvgIpc) is 3.49. The van der Waals surface area contributed by atoms with Crippen molar-refractivity contribution in [1.82, 2.24) is 14.8 Å². The Balaban J connectivity index is 1.22. The van der Waals surface area contributed by atoms with Crippen LogP contribution >= 0.6 is 0 Å². The summed E-state index contributed by atoms with van der Waals surface area (Å²) < 4.78 is 26.4. The molecule has 2 aromatic carbocycles. The van der Waals surface area contributed by atoms with E-state index in [1.165, 1.54) is 23.4 Å². The first-order valence-electron chi connectivity index (χ1n) is 12.2. The van der Waals surface area contributed by atoms with Crippen molar-refractivity contribution in [2.75, 3.05) is 39.4 Å². The number of piperidine rings is 1. The van der Waals surface area contributed by atoms with E-state index in [2.05, 4.69) is 27.8 Å². The molecule has 0 aliphatic carbocycles. The van der Waals surface area contributed by atoms with Crippen molar-refractivity contribution in [1.29, 1.82) is 0 Å². The van der Waals surface area contributed by atoms with Crippen molar-refractivity contribution in [2.24, 2.45) is 0 Å². The van der Waals surface area contributed by atoms with Gasteiger partial charge in [0.1, 0.15) is 5.82 Å². The third-order valence-corrected chi connectivity index (χ3v) is 6.97. The minimum Gasteiger partial charge on any atom is -0.348 e. The van der Waals surface area contributed by atoms with Gasteiger partial charge in [-0.05, 0) is 67.5 Å². The maximum atomic E-state index is 13.1. The number of carbonyl (C=O) groups is 1. The van der Waals surface area contributed by atoms with Crippen LogP contribution in [0.15, 0.2) is 48.5 Å². The van der Waals surface area contributed by atoms with Gasteiger partial charge in [0.05, 0.1) is 19.8 Å². The van der Waals surface area contributed by atoms with Crippen LogP contribution in [0.2, 0.25) is 0 Å². The Hall–Kier alpha value is -2.74. The van der Waals surface area contributed by atoms with Crippen LogP contribution in [0.1, 0.15) is 40.5 Å². The lowest BCUT2D eigenvalue weighted by atomic mass is 10.0. The number of ether oxygens (including phenoxy) is 2. The van der Waals surface area contributed by atoms with E-state index < -0.39 is 0 Å². The van der Waals surface area contributed by atoms with E-state index in [1.807, 2.05) is 30.3 Å². The zero-order chi connectivity index (χ0) is 23.5. The Morgan fingerprint density at radius 3 is 2.53 bits per heavy atom. The molecule has 0 atom stereocenters. The number of nitrogens with zero attached hydrogens (tertiary/aromatic N) is 2. The molecule has 3 heterocycles. The third kappa shape index (κ3) is 5.17. The standard InChI is InChI=1S/C27H32FN3O3/c1-19-16-21-4-5-22(27(32)29-18-26-33-14-15-34-26)17-25(21)31(19)24-9-12-30(13-10-24)11-8-20-2-6-23(28)7-3-20/h2-7,16-17,24,26H,8-15,18H2,1H3,(H,29,32). The summed E-state index contributed by atoms with van der Waals surface area (Å²) in [5, 5.41) is 4.08. The van der Waals surface area contributed by atoms with Crippen LogP contribution < -0.4 is 5.32 Å². The van der Waals surface area contributed by atoms with Crippen molar-refractivity contribution < 1.29 is 18.7 Å². The van der Waals surface area contributed by atoms with Crippen molar-refractivity contribution in [3.8, 4) is 0 Å². The van der Waals surface area contributed by atoms with Crippen LogP contribution in [0.5, 0.6) is 0 Å². The number of nitrogens with one attached hydrogen (secondary N) is 1. The fourth-order valence-corrected chi connectivity index (χ4v) is 5.13. The van der Waals surface area contributed by atoms with Crippen molar-refractivity contribution in [2.45, 2.75) is 38.5 Å². The molecule has 2 aliphatic rings. The normalized spacial score (nSPS) is 18.1. The monoisotopic (exact) mass is 465 g/mol. The number of amides is 1. The number of likely N-dealkylation sites (tertiary alicyclic amines) is 1. The number of carbonyl (C=O) groups excluding carboxylic acids is 1. The molecular formula is C27H32FN3O3. The highest BCUT2D eigenvalue weighted by molar-refractivity contribution is 5.98. The predicted molar refractivity (Wildman–Crippen MR) is 130 cm³/mol. The van der Waals surface area contributed by atoms with E-state index in [-0.39, 0.29) is 18.0 Å². The summed E-state index contributed by atoms with van der Waals surface area (Å²) in [4.78, 5) is 15.2. The number of hydrogen-bond donors (Lipinski definition) is 1. The molecule has 0 radical (unpaired) electrons. The molecule has 34 heavy (non-hydrogen) atoms. The number of halogens is 1. The second kappa shape index (κ2) is 10.3. The maximum Gasteiger partial charge on any atom is 0.251 e. The molecule has 0 saturated carbocycles. The molecule has 1 aromatic heterocycles. The lowest BCUT2D eigenvalue weighted by molar-refractivity contribution is -0.0379. The second-order valence-corrected chi connectivity index (χ2v) is 9.26. The van der Waals surface area contributed by atoms with Gasteiger partial charge in [-0.3, -0.25) is 4.79 Å². The van der Waals surface area contributed by atoms with Gasteiger partial charge in [0.2, 0.25) is 0 Å². The molecule has 5 rings (SSSR count). The molecule has 180 valence electrons. The second-order valence-electron chi connectivity index (χ2n) is 9.26. The summed E-state index contributed by atoms with van der Waals surface area (Å²) in [6.07, 6.45) is 2.72. The summed E-state index contributed by atoms with van der Waals surface area (Å²) in [7, 11) is 0. The van der Waals surface area contributed by atoms with Gasteiger partial charge in [-0.15, -0.1) is 0 Å². The van der Waals surface area contributed by atoms with Crippen LogP contribution in [0.4, 0.5) is 4.39 Å².